The molecule has 0 saturated heterocycles. The van der Waals surface area contributed by atoms with Crippen molar-refractivity contribution in [1.82, 2.24) is 15.4 Å². The molecular weight excluding hydrogens is 296 g/mol. The van der Waals surface area contributed by atoms with E-state index in [1.165, 1.54) is 0 Å². The summed E-state index contributed by atoms with van der Waals surface area (Å²) in [6.45, 7) is 0. The molecule has 1 aromatic heterocycles. The number of hydrazine groups is 1. The maximum Gasteiger partial charge on any atom is 0.237 e. The van der Waals surface area contributed by atoms with Gasteiger partial charge in [0.2, 0.25) is 5.88 Å². The summed E-state index contributed by atoms with van der Waals surface area (Å²) in [7, 11) is 1.56. The Morgan fingerprint density at radius 3 is 2.50 bits per heavy atom. The Morgan fingerprint density at radius 2 is 1.89 bits per heavy atom. The van der Waals surface area contributed by atoms with Crippen LogP contribution in [0.15, 0.2) is 41.1 Å². The highest BCUT2D eigenvalue weighted by Gasteiger charge is 2.19. The van der Waals surface area contributed by atoms with Crippen LogP contribution in [0.1, 0.15) is 17.3 Å². The molecule has 1 heterocycles. The van der Waals surface area contributed by atoms with Crippen LogP contribution >= 0.6 is 15.9 Å². The van der Waals surface area contributed by atoms with E-state index in [2.05, 4.69) is 31.3 Å². The zero-order valence-electron chi connectivity index (χ0n) is 9.80. The molecule has 2 aromatic rings. The molecule has 0 radical (unpaired) electrons. The Labute approximate surface area is 113 Å². The molecule has 0 fully saturated rings. The van der Waals surface area contributed by atoms with Crippen molar-refractivity contribution < 1.29 is 4.74 Å². The molecule has 1 aromatic carbocycles. The first-order valence-electron chi connectivity index (χ1n) is 5.32. The molecular formula is C12H13BrN4O. The largest absolute Gasteiger partial charge is 0.480 e. The highest BCUT2D eigenvalue weighted by atomic mass is 79.9. The van der Waals surface area contributed by atoms with Crippen LogP contribution in [0.5, 0.6) is 5.88 Å². The number of hydrogen-bond donors (Lipinski definition) is 2. The number of nitrogens with two attached hydrogens (primary N) is 1. The predicted octanol–water partition coefficient (Wildman–Crippen LogP) is 1.80. The average Bonchev–Trinajstić information content (AvgIpc) is 2.42. The molecule has 0 aliphatic heterocycles. The number of hydrogen-bond acceptors (Lipinski definition) is 5. The Kier molecular flexibility index (Phi) is 4.24. The minimum absolute atomic E-state index is 0.262. The summed E-state index contributed by atoms with van der Waals surface area (Å²) in [5.74, 6) is 6.07. The van der Waals surface area contributed by atoms with E-state index in [1.807, 2.05) is 24.3 Å². The topological polar surface area (TPSA) is 73.1 Å². The summed E-state index contributed by atoms with van der Waals surface area (Å²) in [4.78, 5) is 8.40. The zero-order valence-corrected chi connectivity index (χ0v) is 11.4. The smallest absolute Gasteiger partial charge is 0.237 e. The highest BCUT2D eigenvalue weighted by Crippen LogP contribution is 2.26. The molecule has 0 bridgehead atoms. The van der Waals surface area contributed by atoms with Crippen molar-refractivity contribution in [3.63, 3.8) is 0 Å². The third kappa shape index (κ3) is 2.66. The molecule has 6 heteroatoms. The van der Waals surface area contributed by atoms with Crippen LogP contribution in [0.3, 0.4) is 0 Å². The summed E-state index contributed by atoms with van der Waals surface area (Å²) in [6, 6.07) is 7.55. The van der Waals surface area contributed by atoms with Crippen LogP contribution in [0.2, 0.25) is 0 Å². The van der Waals surface area contributed by atoms with Crippen molar-refractivity contribution in [3.8, 4) is 5.88 Å². The number of aromatic nitrogens is 2. The molecule has 0 amide bonds. The van der Waals surface area contributed by atoms with Crippen LogP contribution in [0.25, 0.3) is 0 Å². The normalized spacial score (nSPS) is 12.2. The summed E-state index contributed by atoms with van der Waals surface area (Å²) < 4.78 is 6.20. The number of nitrogens with zero attached hydrogens (tertiary/aromatic N) is 2. The molecule has 2 rings (SSSR count). The second-order valence-electron chi connectivity index (χ2n) is 3.60. The van der Waals surface area contributed by atoms with Crippen molar-refractivity contribution in [1.29, 1.82) is 0 Å². The van der Waals surface area contributed by atoms with Gasteiger partial charge in [-0.15, -0.1) is 0 Å². The van der Waals surface area contributed by atoms with Gasteiger partial charge in [0.15, 0.2) is 0 Å². The summed E-state index contributed by atoms with van der Waals surface area (Å²) in [6.07, 6.45) is 3.19. The van der Waals surface area contributed by atoms with Crippen molar-refractivity contribution in [3.05, 3.63) is 52.4 Å². The molecule has 0 spiro atoms. The second-order valence-corrected chi connectivity index (χ2v) is 4.52. The molecule has 1 unspecified atom stereocenters. The summed E-state index contributed by atoms with van der Waals surface area (Å²) in [5, 5.41) is 0. The van der Waals surface area contributed by atoms with Gasteiger partial charge in [0, 0.05) is 16.9 Å². The number of rotatable bonds is 4. The number of methoxy groups -OCH3 is 1. The van der Waals surface area contributed by atoms with Gasteiger partial charge in [0.05, 0.1) is 13.2 Å². The molecule has 94 valence electrons. The Hall–Kier alpha value is -1.50. The summed E-state index contributed by atoms with van der Waals surface area (Å²) in [5.41, 5.74) is 4.37. The van der Waals surface area contributed by atoms with E-state index in [9.17, 15) is 0 Å². The lowest BCUT2D eigenvalue weighted by Gasteiger charge is -2.17. The van der Waals surface area contributed by atoms with E-state index in [0.29, 0.717) is 11.6 Å². The fourth-order valence-corrected chi connectivity index (χ4v) is 1.94. The lowest BCUT2D eigenvalue weighted by atomic mass is 10.0. The lowest BCUT2D eigenvalue weighted by Crippen LogP contribution is -2.30. The predicted molar refractivity (Wildman–Crippen MR) is 71.9 cm³/mol. The Bertz CT molecular complexity index is 518. The molecule has 0 saturated carbocycles. The van der Waals surface area contributed by atoms with Gasteiger partial charge in [-0.05, 0) is 17.7 Å². The Morgan fingerprint density at radius 1 is 1.22 bits per heavy atom. The van der Waals surface area contributed by atoms with Crippen molar-refractivity contribution in [2.24, 2.45) is 5.84 Å². The minimum Gasteiger partial charge on any atom is -0.480 e. The number of halogens is 1. The molecule has 5 nitrogen and oxygen atoms in total. The highest BCUT2D eigenvalue weighted by molar-refractivity contribution is 9.10. The van der Waals surface area contributed by atoms with Gasteiger partial charge in [-0.1, -0.05) is 28.1 Å². The van der Waals surface area contributed by atoms with Crippen LogP contribution in [-0.2, 0) is 0 Å². The van der Waals surface area contributed by atoms with Gasteiger partial charge in [-0.2, -0.15) is 0 Å². The van der Waals surface area contributed by atoms with E-state index in [1.54, 1.807) is 19.5 Å². The third-order valence-corrected chi connectivity index (χ3v) is 3.06. The first-order chi connectivity index (χ1) is 8.76. The summed E-state index contributed by atoms with van der Waals surface area (Å²) >= 11 is 3.40. The van der Waals surface area contributed by atoms with Crippen LogP contribution in [0.4, 0.5) is 0 Å². The van der Waals surface area contributed by atoms with Crippen LogP contribution < -0.4 is 16.0 Å². The fraction of sp³-hybridized carbons (Fsp3) is 0.167. The van der Waals surface area contributed by atoms with Gasteiger partial charge in [0.1, 0.15) is 5.69 Å². The van der Waals surface area contributed by atoms with Crippen molar-refractivity contribution in [2.45, 2.75) is 6.04 Å². The van der Waals surface area contributed by atoms with Gasteiger partial charge in [0.25, 0.3) is 0 Å². The number of nitrogens with one attached hydrogen (secondary N) is 1. The van der Waals surface area contributed by atoms with E-state index in [-0.39, 0.29) is 6.04 Å². The van der Waals surface area contributed by atoms with Crippen LogP contribution in [0, 0.1) is 0 Å². The lowest BCUT2D eigenvalue weighted by molar-refractivity contribution is 0.383. The fourth-order valence-electron chi connectivity index (χ4n) is 1.68. The monoisotopic (exact) mass is 308 g/mol. The van der Waals surface area contributed by atoms with E-state index >= 15 is 0 Å². The maximum atomic E-state index is 5.61. The van der Waals surface area contributed by atoms with Gasteiger partial charge >= 0.3 is 0 Å². The van der Waals surface area contributed by atoms with Gasteiger partial charge in [-0.25, -0.2) is 10.4 Å². The third-order valence-electron chi connectivity index (χ3n) is 2.53. The standard InChI is InChI=1S/C12H13BrN4O/c1-18-12-11(15-6-7-16-12)10(17-14)8-2-4-9(13)5-3-8/h2-7,10,17H,14H2,1H3. The Balaban J connectivity index is 2.41. The molecule has 1 atom stereocenters. The van der Waals surface area contributed by atoms with E-state index < -0.39 is 0 Å². The maximum absolute atomic E-state index is 5.61. The number of benzene rings is 1. The SMILES string of the molecule is COc1nccnc1C(NN)c1ccc(Br)cc1. The quantitative estimate of drug-likeness (QED) is 0.665. The zero-order chi connectivity index (χ0) is 13.0. The minimum atomic E-state index is -0.262. The van der Waals surface area contributed by atoms with Gasteiger partial charge < -0.3 is 4.74 Å². The molecule has 0 aliphatic carbocycles. The average molecular weight is 309 g/mol. The molecule has 3 N–H and O–H groups in total. The molecule has 18 heavy (non-hydrogen) atoms. The number of ether oxygens (including phenoxy) is 1. The van der Waals surface area contributed by atoms with Crippen LogP contribution in [-0.4, -0.2) is 17.1 Å². The van der Waals surface area contributed by atoms with E-state index in [4.69, 9.17) is 10.6 Å². The molecule has 0 aliphatic rings. The van der Waals surface area contributed by atoms with Crippen molar-refractivity contribution in [2.75, 3.05) is 7.11 Å². The van der Waals surface area contributed by atoms with Crippen molar-refractivity contribution >= 4 is 15.9 Å². The first kappa shape index (κ1) is 12.9. The second kappa shape index (κ2) is 5.90. The first-order valence-corrected chi connectivity index (χ1v) is 6.12. The van der Waals surface area contributed by atoms with Gasteiger partial charge in [-0.3, -0.25) is 10.8 Å². The van der Waals surface area contributed by atoms with E-state index in [0.717, 1.165) is 10.0 Å².